The summed E-state index contributed by atoms with van der Waals surface area (Å²) >= 11 is 6.00. The third kappa shape index (κ3) is 2.68. The van der Waals surface area contributed by atoms with Crippen LogP contribution in [-0.2, 0) is 4.79 Å². The Morgan fingerprint density at radius 1 is 1.41 bits per heavy atom. The second-order valence-electron chi connectivity index (χ2n) is 5.42. The molecule has 2 heterocycles. The molecule has 1 aromatic rings. The van der Waals surface area contributed by atoms with Gasteiger partial charge in [0.2, 0.25) is 5.91 Å². The van der Waals surface area contributed by atoms with E-state index in [0.29, 0.717) is 49.0 Å². The second kappa shape index (κ2) is 6.01. The molecule has 5 nitrogen and oxygen atoms in total. The zero-order valence-corrected chi connectivity index (χ0v) is 12.9. The number of halogens is 1. The smallest absolute Gasteiger partial charge is 0.258 e. The van der Waals surface area contributed by atoms with Crippen LogP contribution in [0, 0.1) is 0 Å². The summed E-state index contributed by atoms with van der Waals surface area (Å²) in [6.07, 6.45) is 2.00. The summed E-state index contributed by atoms with van der Waals surface area (Å²) in [5.74, 6) is 0.379. The molecule has 1 saturated heterocycles. The van der Waals surface area contributed by atoms with Crippen LogP contribution in [0.5, 0.6) is 5.75 Å². The van der Waals surface area contributed by atoms with Crippen molar-refractivity contribution in [3.63, 3.8) is 0 Å². The van der Waals surface area contributed by atoms with Crippen molar-refractivity contribution in [2.24, 2.45) is 0 Å². The van der Waals surface area contributed by atoms with Gasteiger partial charge in [-0.15, -0.1) is 0 Å². The van der Waals surface area contributed by atoms with Gasteiger partial charge in [0.05, 0.1) is 18.2 Å². The first-order valence-corrected chi connectivity index (χ1v) is 7.62. The quantitative estimate of drug-likeness (QED) is 0.743. The number of rotatable bonds is 1. The summed E-state index contributed by atoms with van der Waals surface area (Å²) in [5.41, 5.74) is 0.487. The van der Waals surface area contributed by atoms with Crippen molar-refractivity contribution in [1.82, 2.24) is 9.80 Å². The molecule has 3 rings (SSSR count). The summed E-state index contributed by atoms with van der Waals surface area (Å²) in [7, 11) is 0. The average molecular weight is 321 g/mol. The highest BCUT2D eigenvalue weighted by molar-refractivity contribution is 6.31. The highest BCUT2D eigenvalue weighted by atomic mass is 35.5. The van der Waals surface area contributed by atoms with Crippen molar-refractivity contribution in [1.29, 1.82) is 0 Å². The van der Waals surface area contributed by atoms with E-state index in [4.69, 9.17) is 16.3 Å². The number of ether oxygens (including phenoxy) is 1. The summed E-state index contributed by atoms with van der Waals surface area (Å²) in [6, 6.07) is 5.04. The van der Waals surface area contributed by atoms with E-state index in [1.54, 1.807) is 23.1 Å². The first-order valence-electron chi connectivity index (χ1n) is 7.25. The average Bonchev–Trinajstić information content (AvgIpc) is 2.53. The van der Waals surface area contributed by atoms with Crippen molar-refractivity contribution in [2.45, 2.75) is 12.5 Å². The first-order chi connectivity index (χ1) is 10.6. The van der Waals surface area contributed by atoms with Crippen LogP contribution < -0.4 is 4.74 Å². The highest BCUT2D eigenvalue weighted by Gasteiger charge is 2.34. The third-order valence-corrected chi connectivity index (χ3v) is 4.35. The molecular weight excluding hydrogens is 304 g/mol. The van der Waals surface area contributed by atoms with Crippen LogP contribution in [0.3, 0.4) is 0 Å². The number of nitrogens with zero attached hydrogens (tertiary/aromatic N) is 2. The number of amides is 2. The maximum absolute atomic E-state index is 12.8. The Labute approximate surface area is 134 Å². The van der Waals surface area contributed by atoms with Crippen LogP contribution in [0.1, 0.15) is 16.8 Å². The Morgan fingerprint density at radius 2 is 2.23 bits per heavy atom. The monoisotopic (exact) mass is 320 g/mol. The van der Waals surface area contributed by atoms with Crippen LogP contribution in [0.15, 0.2) is 30.9 Å². The molecule has 22 heavy (non-hydrogen) atoms. The van der Waals surface area contributed by atoms with Gasteiger partial charge in [0.15, 0.2) is 0 Å². The number of fused-ring (bicyclic) bond motifs is 2. The SMILES string of the molecule is C=CC(=O)N1CCN2C(=O)c3cc(Cl)ccc3OCC[C@H]2C1. The topological polar surface area (TPSA) is 49.9 Å². The standard InChI is InChI=1S/C16H17ClN2O3/c1-2-15(20)18-6-7-19-12(10-18)5-8-22-14-4-3-11(17)9-13(14)16(19)21/h2-4,9,12H,1,5-8,10H2/t12-/m0/s1. The summed E-state index contributed by atoms with van der Waals surface area (Å²) < 4.78 is 5.70. The zero-order valence-electron chi connectivity index (χ0n) is 12.1. The van der Waals surface area contributed by atoms with E-state index in [1.165, 1.54) is 6.08 Å². The van der Waals surface area contributed by atoms with Gasteiger partial charge < -0.3 is 14.5 Å². The molecule has 1 fully saturated rings. The lowest BCUT2D eigenvalue weighted by atomic mass is 10.0. The van der Waals surface area contributed by atoms with Gasteiger partial charge in [-0.25, -0.2) is 0 Å². The molecule has 2 aliphatic rings. The fraction of sp³-hybridized carbons (Fsp3) is 0.375. The van der Waals surface area contributed by atoms with Crippen LogP contribution >= 0.6 is 11.6 Å². The van der Waals surface area contributed by atoms with Crippen molar-refractivity contribution in [3.05, 3.63) is 41.4 Å². The van der Waals surface area contributed by atoms with E-state index in [0.717, 1.165) is 0 Å². The Bertz CT molecular complexity index is 632. The predicted molar refractivity (Wildman–Crippen MR) is 83.2 cm³/mol. The summed E-state index contributed by atoms with van der Waals surface area (Å²) in [6.45, 7) is 5.55. The molecule has 1 atom stereocenters. The van der Waals surface area contributed by atoms with E-state index in [-0.39, 0.29) is 17.9 Å². The van der Waals surface area contributed by atoms with Gasteiger partial charge in [-0.05, 0) is 24.3 Å². The fourth-order valence-electron chi connectivity index (χ4n) is 2.95. The van der Waals surface area contributed by atoms with Gasteiger partial charge in [0.1, 0.15) is 5.75 Å². The predicted octanol–water partition coefficient (Wildman–Crippen LogP) is 1.96. The Kier molecular flexibility index (Phi) is 4.07. The molecule has 2 amide bonds. The molecule has 0 unspecified atom stereocenters. The Morgan fingerprint density at radius 3 is 3.00 bits per heavy atom. The number of benzene rings is 1. The summed E-state index contributed by atoms with van der Waals surface area (Å²) in [4.78, 5) is 28.1. The third-order valence-electron chi connectivity index (χ3n) is 4.11. The lowest BCUT2D eigenvalue weighted by Gasteiger charge is -2.42. The van der Waals surface area contributed by atoms with Gasteiger partial charge in [-0.1, -0.05) is 18.2 Å². The molecule has 1 aromatic carbocycles. The Hall–Kier alpha value is -2.01. The minimum Gasteiger partial charge on any atom is -0.493 e. The van der Waals surface area contributed by atoms with Crippen molar-refractivity contribution in [2.75, 3.05) is 26.2 Å². The number of hydrogen-bond acceptors (Lipinski definition) is 3. The van der Waals surface area contributed by atoms with Crippen LogP contribution in [-0.4, -0.2) is 53.9 Å². The van der Waals surface area contributed by atoms with Crippen LogP contribution in [0.4, 0.5) is 0 Å². The van der Waals surface area contributed by atoms with Gasteiger partial charge in [-0.2, -0.15) is 0 Å². The molecule has 0 saturated carbocycles. The van der Waals surface area contributed by atoms with Gasteiger partial charge >= 0.3 is 0 Å². The number of carbonyl (C=O) groups is 2. The van der Waals surface area contributed by atoms with E-state index < -0.39 is 0 Å². The minimum absolute atomic E-state index is 0.0442. The zero-order chi connectivity index (χ0) is 15.7. The number of carbonyl (C=O) groups excluding carboxylic acids is 2. The lowest BCUT2D eigenvalue weighted by Crippen LogP contribution is -2.57. The maximum atomic E-state index is 12.8. The molecule has 0 spiro atoms. The van der Waals surface area contributed by atoms with Crippen molar-refractivity contribution in [3.8, 4) is 5.75 Å². The van der Waals surface area contributed by atoms with Gasteiger partial charge in [0.25, 0.3) is 5.91 Å². The molecule has 0 aliphatic carbocycles. The molecule has 0 aromatic heterocycles. The van der Waals surface area contributed by atoms with E-state index in [1.807, 2.05) is 4.90 Å². The molecule has 0 radical (unpaired) electrons. The van der Waals surface area contributed by atoms with Crippen molar-refractivity contribution < 1.29 is 14.3 Å². The Balaban J connectivity index is 1.88. The highest BCUT2D eigenvalue weighted by Crippen LogP contribution is 2.28. The van der Waals surface area contributed by atoms with Crippen molar-refractivity contribution >= 4 is 23.4 Å². The maximum Gasteiger partial charge on any atom is 0.258 e. The molecular formula is C16H17ClN2O3. The van der Waals surface area contributed by atoms with Gasteiger partial charge in [-0.3, -0.25) is 9.59 Å². The van der Waals surface area contributed by atoms with E-state index in [9.17, 15) is 9.59 Å². The molecule has 0 N–H and O–H groups in total. The first kappa shape index (κ1) is 14.9. The lowest BCUT2D eigenvalue weighted by molar-refractivity contribution is -0.128. The molecule has 0 bridgehead atoms. The number of piperazine rings is 1. The van der Waals surface area contributed by atoms with Gasteiger partial charge in [0, 0.05) is 31.1 Å². The van der Waals surface area contributed by atoms with Crippen LogP contribution in [0.2, 0.25) is 5.02 Å². The summed E-state index contributed by atoms with van der Waals surface area (Å²) in [5, 5.41) is 0.508. The molecule has 6 heteroatoms. The fourth-order valence-corrected chi connectivity index (χ4v) is 3.13. The van der Waals surface area contributed by atoms with E-state index >= 15 is 0 Å². The molecule has 116 valence electrons. The second-order valence-corrected chi connectivity index (χ2v) is 5.85. The number of hydrogen-bond donors (Lipinski definition) is 0. The van der Waals surface area contributed by atoms with E-state index in [2.05, 4.69) is 6.58 Å². The molecule has 2 aliphatic heterocycles. The normalized spacial score (nSPS) is 21.1. The minimum atomic E-state index is -0.0986. The largest absolute Gasteiger partial charge is 0.493 e. The van der Waals surface area contributed by atoms with Crippen LogP contribution in [0.25, 0.3) is 0 Å².